The van der Waals surface area contributed by atoms with E-state index in [1.165, 1.54) is 0 Å². The van der Waals surface area contributed by atoms with Crippen LogP contribution in [0.25, 0.3) is 22.0 Å². The zero-order chi connectivity index (χ0) is 20.4. The monoisotopic (exact) mass is 422 g/mol. The molecular formula is C22H16Cl2N4O. The molecular weight excluding hydrogens is 407 g/mol. The van der Waals surface area contributed by atoms with Gasteiger partial charge in [0.25, 0.3) is 5.91 Å². The molecule has 0 fully saturated rings. The van der Waals surface area contributed by atoms with E-state index in [4.69, 9.17) is 23.2 Å². The number of aromatic amines is 1. The normalized spacial score (nSPS) is 11.6. The molecule has 0 saturated heterocycles. The van der Waals surface area contributed by atoms with Gasteiger partial charge in [0.2, 0.25) is 0 Å². The standard InChI is InChI=1S/C22H16Cl2N4O/c1-13(15-7-6-14-4-2-3-5-16(14)10-15)25-28-22(29)21-12-20(26-27-21)17-8-9-18(23)19(24)11-17/h2-12H,1H3,(H,26,27)(H,28,29)/b25-13-. The van der Waals surface area contributed by atoms with E-state index < -0.39 is 0 Å². The Bertz CT molecular complexity index is 1250. The fraction of sp³-hybridized carbons (Fsp3) is 0.0455. The van der Waals surface area contributed by atoms with Gasteiger partial charge in [-0.2, -0.15) is 10.2 Å². The van der Waals surface area contributed by atoms with Crippen molar-refractivity contribution in [3.05, 3.63) is 88.0 Å². The lowest BCUT2D eigenvalue weighted by Crippen LogP contribution is -2.19. The Morgan fingerprint density at radius 3 is 2.55 bits per heavy atom. The van der Waals surface area contributed by atoms with Crippen molar-refractivity contribution in [2.45, 2.75) is 6.92 Å². The number of nitrogens with one attached hydrogen (secondary N) is 2. The van der Waals surface area contributed by atoms with Crippen molar-refractivity contribution in [1.82, 2.24) is 15.6 Å². The Morgan fingerprint density at radius 2 is 1.76 bits per heavy atom. The number of rotatable bonds is 4. The molecule has 3 aromatic carbocycles. The molecule has 7 heteroatoms. The molecule has 4 rings (SSSR count). The van der Waals surface area contributed by atoms with E-state index in [0.717, 1.165) is 21.9 Å². The minimum absolute atomic E-state index is 0.293. The fourth-order valence-corrected chi connectivity index (χ4v) is 3.21. The first-order chi connectivity index (χ1) is 14.0. The number of H-pyrrole nitrogens is 1. The third-order valence-electron chi connectivity index (χ3n) is 4.53. The van der Waals surface area contributed by atoms with Gasteiger partial charge in [-0.1, -0.05) is 65.7 Å². The van der Waals surface area contributed by atoms with E-state index in [1.54, 1.807) is 24.3 Å². The number of hydrogen-bond acceptors (Lipinski definition) is 3. The van der Waals surface area contributed by atoms with Crippen LogP contribution in [0.1, 0.15) is 23.0 Å². The number of hydrazone groups is 1. The number of halogens is 2. The van der Waals surface area contributed by atoms with E-state index in [1.807, 2.05) is 43.3 Å². The van der Waals surface area contributed by atoms with Crippen molar-refractivity contribution >= 4 is 45.6 Å². The van der Waals surface area contributed by atoms with Crippen molar-refractivity contribution in [1.29, 1.82) is 0 Å². The average Bonchev–Trinajstić information content (AvgIpc) is 3.23. The fourth-order valence-electron chi connectivity index (χ4n) is 2.92. The molecule has 4 aromatic rings. The number of nitrogens with zero attached hydrogens (tertiary/aromatic N) is 2. The predicted molar refractivity (Wildman–Crippen MR) is 118 cm³/mol. The number of aromatic nitrogens is 2. The summed E-state index contributed by atoms with van der Waals surface area (Å²) < 4.78 is 0. The van der Waals surface area contributed by atoms with Gasteiger partial charge in [-0.15, -0.1) is 0 Å². The summed E-state index contributed by atoms with van der Waals surface area (Å²) in [7, 11) is 0. The molecule has 144 valence electrons. The summed E-state index contributed by atoms with van der Waals surface area (Å²) in [6.07, 6.45) is 0. The first kappa shape index (κ1) is 19.2. The highest BCUT2D eigenvalue weighted by Gasteiger charge is 2.12. The van der Waals surface area contributed by atoms with Crippen LogP contribution >= 0.6 is 23.2 Å². The number of fused-ring (bicyclic) bond motifs is 1. The molecule has 0 bridgehead atoms. The van der Waals surface area contributed by atoms with Crippen molar-refractivity contribution in [3.63, 3.8) is 0 Å². The number of carbonyl (C=O) groups is 1. The Morgan fingerprint density at radius 1 is 0.966 bits per heavy atom. The van der Waals surface area contributed by atoms with Gasteiger partial charge in [-0.25, -0.2) is 5.43 Å². The van der Waals surface area contributed by atoms with E-state index in [0.29, 0.717) is 27.1 Å². The van der Waals surface area contributed by atoms with Crippen LogP contribution in [0.5, 0.6) is 0 Å². The quantitative estimate of drug-likeness (QED) is 0.327. The molecule has 5 nitrogen and oxygen atoms in total. The van der Waals surface area contributed by atoms with Crippen molar-refractivity contribution in [3.8, 4) is 11.3 Å². The summed E-state index contributed by atoms with van der Waals surface area (Å²) in [5.74, 6) is -0.385. The number of benzene rings is 3. The van der Waals surface area contributed by atoms with Gasteiger partial charge >= 0.3 is 0 Å². The summed E-state index contributed by atoms with van der Waals surface area (Å²) in [5.41, 5.74) is 5.83. The van der Waals surface area contributed by atoms with Crippen LogP contribution in [-0.4, -0.2) is 21.8 Å². The zero-order valence-electron chi connectivity index (χ0n) is 15.4. The lowest BCUT2D eigenvalue weighted by atomic mass is 10.0. The van der Waals surface area contributed by atoms with Crippen LogP contribution < -0.4 is 5.43 Å². The molecule has 0 aliphatic heterocycles. The third kappa shape index (κ3) is 4.16. The van der Waals surface area contributed by atoms with Crippen molar-refractivity contribution in [2.24, 2.45) is 5.10 Å². The molecule has 0 atom stereocenters. The SMILES string of the molecule is C/C(=N/NC(=O)c1cc(-c2ccc(Cl)c(Cl)c2)n[nH]1)c1ccc2ccccc2c1. The highest BCUT2D eigenvalue weighted by Crippen LogP contribution is 2.27. The Labute approximate surface area is 177 Å². The molecule has 0 saturated carbocycles. The molecule has 0 unspecified atom stereocenters. The molecule has 0 spiro atoms. The maximum Gasteiger partial charge on any atom is 0.289 e. The first-order valence-electron chi connectivity index (χ1n) is 8.86. The number of hydrogen-bond donors (Lipinski definition) is 2. The molecule has 0 radical (unpaired) electrons. The lowest BCUT2D eigenvalue weighted by molar-refractivity contribution is 0.0950. The van der Waals surface area contributed by atoms with Crippen LogP contribution in [0.3, 0.4) is 0 Å². The first-order valence-corrected chi connectivity index (χ1v) is 9.61. The smallest absolute Gasteiger partial charge is 0.272 e. The molecule has 0 aliphatic rings. The Kier molecular flexibility index (Phi) is 5.34. The van der Waals surface area contributed by atoms with Crippen LogP contribution in [0.2, 0.25) is 10.0 Å². The Balaban J connectivity index is 1.50. The van der Waals surface area contributed by atoms with E-state index in [2.05, 4.69) is 26.8 Å². The summed E-state index contributed by atoms with van der Waals surface area (Å²) in [6, 6.07) is 20.9. The van der Waals surface area contributed by atoms with Gasteiger partial charge in [0.1, 0.15) is 5.69 Å². The highest BCUT2D eigenvalue weighted by molar-refractivity contribution is 6.42. The second-order valence-corrected chi connectivity index (χ2v) is 7.31. The van der Waals surface area contributed by atoms with Gasteiger partial charge in [0.15, 0.2) is 0 Å². The Hall–Kier alpha value is -3.15. The minimum Gasteiger partial charge on any atom is -0.272 e. The largest absolute Gasteiger partial charge is 0.289 e. The maximum absolute atomic E-state index is 12.4. The highest BCUT2D eigenvalue weighted by atomic mass is 35.5. The molecule has 1 amide bonds. The lowest BCUT2D eigenvalue weighted by Gasteiger charge is -2.04. The second-order valence-electron chi connectivity index (χ2n) is 6.50. The molecule has 1 aromatic heterocycles. The summed E-state index contributed by atoms with van der Waals surface area (Å²) >= 11 is 12.0. The van der Waals surface area contributed by atoms with Crippen molar-refractivity contribution in [2.75, 3.05) is 0 Å². The van der Waals surface area contributed by atoms with Crippen LogP contribution in [0.15, 0.2) is 71.8 Å². The van der Waals surface area contributed by atoms with E-state index in [9.17, 15) is 4.79 Å². The second kappa shape index (κ2) is 8.07. The number of amides is 1. The molecule has 1 heterocycles. The van der Waals surface area contributed by atoms with E-state index >= 15 is 0 Å². The predicted octanol–water partition coefficient (Wildman–Crippen LogP) is 5.69. The summed E-state index contributed by atoms with van der Waals surface area (Å²) in [6.45, 7) is 1.85. The zero-order valence-corrected chi connectivity index (χ0v) is 16.9. The van der Waals surface area contributed by atoms with Gasteiger partial charge in [0, 0.05) is 5.56 Å². The van der Waals surface area contributed by atoms with Gasteiger partial charge in [-0.3, -0.25) is 9.89 Å². The van der Waals surface area contributed by atoms with E-state index in [-0.39, 0.29) is 5.91 Å². The third-order valence-corrected chi connectivity index (χ3v) is 5.27. The van der Waals surface area contributed by atoms with Crippen LogP contribution in [-0.2, 0) is 0 Å². The molecule has 29 heavy (non-hydrogen) atoms. The average molecular weight is 423 g/mol. The van der Waals surface area contributed by atoms with Crippen molar-refractivity contribution < 1.29 is 4.79 Å². The molecule has 2 N–H and O–H groups in total. The topological polar surface area (TPSA) is 70.1 Å². The van der Waals surface area contributed by atoms with Crippen LogP contribution in [0, 0.1) is 0 Å². The van der Waals surface area contributed by atoms with Gasteiger partial charge in [0.05, 0.1) is 21.5 Å². The van der Waals surface area contributed by atoms with Gasteiger partial charge in [-0.05, 0) is 47.5 Å². The number of carbonyl (C=O) groups excluding carboxylic acids is 1. The maximum atomic E-state index is 12.4. The van der Waals surface area contributed by atoms with Gasteiger partial charge < -0.3 is 0 Å². The minimum atomic E-state index is -0.385. The molecule has 0 aliphatic carbocycles. The summed E-state index contributed by atoms with van der Waals surface area (Å²) in [4.78, 5) is 12.4. The van der Waals surface area contributed by atoms with Crippen LogP contribution in [0.4, 0.5) is 0 Å². The summed E-state index contributed by atoms with van der Waals surface area (Å²) in [5, 5.41) is 14.3.